The topological polar surface area (TPSA) is 70.7 Å². The van der Waals surface area contributed by atoms with E-state index in [1.165, 1.54) is 0 Å². The normalized spacial score (nSPS) is 16.8. The van der Waals surface area contributed by atoms with E-state index in [-0.39, 0.29) is 12.3 Å². The van der Waals surface area contributed by atoms with Crippen molar-refractivity contribution in [1.29, 1.82) is 0 Å². The second kappa shape index (κ2) is 7.74. The van der Waals surface area contributed by atoms with Crippen molar-refractivity contribution in [2.75, 3.05) is 45.6 Å². The molecule has 0 aromatic heterocycles. The Morgan fingerprint density at radius 2 is 2.00 bits per heavy atom. The maximum absolute atomic E-state index is 12.1. The summed E-state index contributed by atoms with van der Waals surface area (Å²) in [5.41, 5.74) is 0.839. The Bertz CT molecular complexity index is 542. The van der Waals surface area contributed by atoms with Gasteiger partial charge in [0.05, 0.1) is 12.9 Å². The van der Waals surface area contributed by atoms with Crippen LogP contribution in [0.2, 0.25) is 0 Å². The van der Waals surface area contributed by atoms with Crippen LogP contribution in [0.25, 0.3) is 0 Å². The summed E-state index contributed by atoms with van der Waals surface area (Å²) < 4.78 is 32.0. The highest BCUT2D eigenvalue weighted by Gasteiger charge is 2.15. The van der Waals surface area contributed by atoms with Crippen LogP contribution in [0.15, 0.2) is 24.3 Å². The number of para-hydroxylation sites is 1. The predicted octanol–water partition coefficient (Wildman–Crippen LogP) is 0.0198. The molecule has 21 heavy (non-hydrogen) atoms. The Labute approximate surface area is 126 Å². The van der Waals surface area contributed by atoms with E-state index < -0.39 is 10.0 Å². The first kappa shape index (κ1) is 16.2. The van der Waals surface area contributed by atoms with Gasteiger partial charge in [0.2, 0.25) is 10.0 Å². The highest BCUT2D eigenvalue weighted by Crippen LogP contribution is 2.16. The first-order chi connectivity index (χ1) is 10.1. The highest BCUT2D eigenvalue weighted by atomic mass is 32.2. The summed E-state index contributed by atoms with van der Waals surface area (Å²) in [5, 5.41) is 3.25. The van der Waals surface area contributed by atoms with E-state index in [2.05, 4.69) is 14.9 Å². The molecule has 1 heterocycles. The fourth-order valence-corrected chi connectivity index (χ4v) is 3.31. The summed E-state index contributed by atoms with van der Waals surface area (Å²) in [6.07, 6.45) is 0. The molecule has 0 aliphatic carbocycles. The Kier molecular flexibility index (Phi) is 5.98. The fraction of sp³-hybridized carbons (Fsp3) is 0.571. The summed E-state index contributed by atoms with van der Waals surface area (Å²) in [4.78, 5) is 2.17. The van der Waals surface area contributed by atoms with E-state index in [4.69, 9.17) is 4.74 Å². The maximum atomic E-state index is 12.1. The summed E-state index contributed by atoms with van der Waals surface area (Å²) >= 11 is 0. The van der Waals surface area contributed by atoms with Crippen molar-refractivity contribution in [3.8, 4) is 5.75 Å². The molecule has 1 aromatic carbocycles. The molecule has 0 saturated carbocycles. The highest BCUT2D eigenvalue weighted by molar-refractivity contribution is 7.89. The molecule has 118 valence electrons. The average Bonchev–Trinajstić information content (AvgIpc) is 2.52. The third-order valence-corrected chi connectivity index (χ3v) is 4.87. The van der Waals surface area contributed by atoms with Gasteiger partial charge >= 0.3 is 0 Å². The number of nitrogens with one attached hydrogen (secondary N) is 2. The largest absolute Gasteiger partial charge is 0.496 e. The first-order valence-corrected chi connectivity index (χ1v) is 8.78. The molecule has 0 atom stereocenters. The number of piperazine rings is 1. The van der Waals surface area contributed by atoms with Gasteiger partial charge in [0.25, 0.3) is 0 Å². The molecule has 0 spiro atoms. The lowest BCUT2D eigenvalue weighted by atomic mass is 10.2. The lowest BCUT2D eigenvalue weighted by Crippen LogP contribution is -2.45. The van der Waals surface area contributed by atoms with Crippen LogP contribution < -0.4 is 14.8 Å². The molecule has 1 saturated heterocycles. The minimum absolute atomic E-state index is 0.127. The number of hydrogen-bond donors (Lipinski definition) is 2. The molecule has 1 aromatic rings. The van der Waals surface area contributed by atoms with E-state index >= 15 is 0 Å². The maximum Gasteiger partial charge on any atom is 0.213 e. The second-order valence-electron chi connectivity index (χ2n) is 5.04. The van der Waals surface area contributed by atoms with Crippen molar-refractivity contribution in [2.24, 2.45) is 0 Å². The van der Waals surface area contributed by atoms with Gasteiger partial charge < -0.3 is 10.1 Å². The number of ether oxygens (including phenoxy) is 1. The van der Waals surface area contributed by atoms with Gasteiger partial charge in [-0.1, -0.05) is 18.2 Å². The van der Waals surface area contributed by atoms with Gasteiger partial charge in [0, 0.05) is 44.8 Å². The second-order valence-corrected chi connectivity index (χ2v) is 6.97. The summed E-state index contributed by atoms with van der Waals surface area (Å²) in [6.45, 7) is 4.49. The van der Waals surface area contributed by atoms with Gasteiger partial charge in [-0.05, 0) is 6.07 Å². The number of nitrogens with zero attached hydrogens (tertiary/aromatic N) is 1. The number of benzene rings is 1. The van der Waals surface area contributed by atoms with E-state index in [9.17, 15) is 8.42 Å². The van der Waals surface area contributed by atoms with Gasteiger partial charge in [-0.15, -0.1) is 0 Å². The summed E-state index contributed by atoms with van der Waals surface area (Å²) in [5.74, 6) is 0.824. The minimum atomic E-state index is -3.27. The van der Waals surface area contributed by atoms with Crippen molar-refractivity contribution < 1.29 is 13.2 Å². The first-order valence-electron chi connectivity index (χ1n) is 7.13. The molecule has 0 radical (unpaired) electrons. The van der Waals surface area contributed by atoms with Gasteiger partial charge in [-0.25, -0.2) is 13.1 Å². The van der Waals surface area contributed by atoms with E-state index in [1.54, 1.807) is 7.11 Å². The molecule has 0 bridgehead atoms. The molecule has 7 heteroatoms. The van der Waals surface area contributed by atoms with E-state index in [0.29, 0.717) is 12.3 Å². The molecule has 1 fully saturated rings. The monoisotopic (exact) mass is 313 g/mol. The van der Waals surface area contributed by atoms with Gasteiger partial charge in [-0.2, -0.15) is 0 Å². The van der Waals surface area contributed by atoms with Crippen LogP contribution in [0.3, 0.4) is 0 Å². The van der Waals surface area contributed by atoms with Gasteiger partial charge in [0.15, 0.2) is 0 Å². The molecular weight excluding hydrogens is 290 g/mol. The Morgan fingerprint density at radius 3 is 2.71 bits per heavy atom. The number of sulfonamides is 1. The zero-order chi connectivity index (χ0) is 15.1. The Balaban J connectivity index is 1.83. The minimum Gasteiger partial charge on any atom is -0.496 e. The molecule has 6 nitrogen and oxygen atoms in total. The third-order valence-electron chi connectivity index (χ3n) is 3.56. The third kappa shape index (κ3) is 5.28. The average molecular weight is 313 g/mol. The van der Waals surface area contributed by atoms with Crippen LogP contribution in [0.1, 0.15) is 5.56 Å². The summed E-state index contributed by atoms with van der Waals surface area (Å²) in [6, 6.07) is 7.41. The number of rotatable bonds is 7. The van der Waals surface area contributed by atoms with Crippen LogP contribution in [0.5, 0.6) is 5.75 Å². The predicted molar refractivity (Wildman–Crippen MR) is 82.9 cm³/mol. The molecule has 0 amide bonds. The lowest BCUT2D eigenvalue weighted by molar-refractivity contribution is 0.253. The lowest BCUT2D eigenvalue weighted by Gasteiger charge is -2.26. The Hall–Kier alpha value is -1.15. The smallest absolute Gasteiger partial charge is 0.213 e. The van der Waals surface area contributed by atoms with Gasteiger partial charge in [-0.3, -0.25) is 4.90 Å². The molecule has 1 aliphatic rings. The summed E-state index contributed by atoms with van der Waals surface area (Å²) in [7, 11) is -1.69. The molecule has 2 rings (SSSR count). The van der Waals surface area contributed by atoms with Crippen LogP contribution in [-0.4, -0.2) is 58.9 Å². The zero-order valence-electron chi connectivity index (χ0n) is 12.3. The Morgan fingerprint density at radius 1 is 1.29 bits per heavy atom. The van der Waals surface area contributed by atoms with Crippen molar-refractivity contribution in [1.82, 2.24) is 14.9 Å². The zero-order valence-corrected chi connectivity index (χ0v) is 13.2. The van der Waals surface area contributed by atoms with Crippen LogP contribution >= 0.6 is 0 Å². The molecule has 1 aliphatic heterocycles. The fourth-order valence-electron chi connectivity index (χ4n) is 2.29. The van der Waals surface area contributed by atoms with Crippen molar-refractivity contribution >= 4 is 10.0 Å². The van der Waals surface area contributed by atoms with Crippen molar-refractivity contribution in [3.63, 3.8) is 0 Å². The number of methoxy groups -OCH3 is 1. The molecular formula is C14H23N3O3S. The van der Waals surface area contributed by atoms with Crippen LogP contribution in [0.4, 0.5) is 0 Å². The van der Waals surface area contributed by atoms with E-state index in [0.717, 1.165) is 31.7 Å². The number of hydrogen-bond acceptors (Lipinski definition) is 5. The van der Waals surface area contributed by atoms with Gasteiger partial charge in [0.1, 0.15) is 5.75 Å². The molecule has 2 N–H and O–H groups in total. The van der Waals surface area contributed by atoms with Crippen molar-refractivity contribution in [3.05, 3.63) is 29.8 Å². The van der Waals surface area contributed by atoms with Crippen LogP contribution in [-0.2, 0) is 16.6 Å². The van der Waals surface area contributed by atoms with E-state index in [1.807, 2.05) is 24.3 Å². The quantitative estimate of drug-likeness (QED) is 0.743. The van der Waals surface area contributed by atoms with Crippen LogP contribution in [0, 0.1) is 0 Å². The standard InChI is InChI=1S/C14H23N3O3S/c1-20-14-5-3-2-4-13(14)12-16-21(18,19)11-10-17-8-6-15-7-9-17/h2-5,15-16H,6-12H2,1H3. The SMILES string of the molecule is COc1ccccc1CNS(=O)(=O)CCN1CCNCC1. The molecule has 0 unspecified atom stereocenters. The van der Waals surface area contributed by atoms with Crippen molar-refractivity contribution in [2.45, 2.75) is 6.54 Å².